The van der Waals surface area contributed by atoms with Crippen LogP contribution in [0.15, 0.2) is 0 Å². The quantitative estimate of drug-likeness (QED) is 0.533. The third kappa shape index (κ3) is 1.41. The summed E-state index contributed by atoms with van der Waals surface area (Å²) in [5, 5.41) is 12.9. The molecule has 0 radical (unpaired) electrons. The minimum atomic E-state index is -0.421. The average Bonchev–Trinajstić information content (AvgIpc) is 2.05. The van der Waals surface area contributed by atoms with Gasteiger partial charge in [0, 0.05) is 32.2 Å². The minimum Gasteiger partial charge on any atom is -0.389 e. The van der Waals surface area contributed by atoms with Gasteiger partial charge in [0.2, 0.25) is 0 Å². The van der Waals surface area contributed by atoms with E-state index in [2.05, 4.69) is 10.2 Å². The average molecular weight is 156 g/mol. The first kappa shape index (κ1) is 7.53. The Bertz CT molecular complexity index is 154. The van der Waals surface area contributed by atoms with Gasteiger partial charge in [-0.15, -0.1) is 0 Å². The molecule has 64 valence electrons. The van der Waals surface area contributed by atoms with Crippen LogP contribution in [0.5, 0.6) is 0 Å². The van der Waals surface area contributed by atoms with E-state index in [1.165, 1.54) is 0 Å². The summed E-state index contributed by atoms with van der Waals surface area (Å²) in [5.74, 6) is 0. The topological polar surface area (TPSA) is 35.5 Å². The van der Waals surface area contributed by atoms with Crippen LogP contribution in [0.2, 0.25) is 0 Å². The van der Waals surface area contributed by atoms with Crippen molar-refractivity contribution < 1.29 is 5.11 Å². The van der Waals surface area contributed by atoms with Crippen molar-refractivity contribution >= 4 is 0 Å². The molecule has 0 aliphatic carbocycles. The number of aliphatic hydroxyl groups is 1. The third-order valence-electron chi connectivity index (χ3n) is 2.76. The second-order valence-corrected chi connectivity index (χ2v) is 4.03. The maximum Gasteiger partial charge on any atom is 0.0758 e. The van der Waals surface area contributed by atoms with E-state index < -0.39 is 5.60 Å². The Kier molecular flexibility index (Phi) is 1.67. The van der Waals surface area contributed by atoms with Crippen LogP contribution in [0, 0.1) is 0 Å². The van der Waals surface area contributed by atoms with E-state index in [1.807, 2.05) is 6.92 Å². The largest absolute Gasteiger partial charge is 0.389 e. The number of β-amino-alcohol motifs (C(OH)–C–C–N with tert-alkyl or cyclic N) is 1. The highest BCUT2D eigenvalue weighted by Gasteiger charge is 2.36. The summed E-state index contributed by atoms with van der Waals surface area (Å²) < 4.78 is 0. The Morgan fingerprint density at radius 1 is 1.55 bits per heavy atom. The minimum absolute atomic E-state index is 0.421. The normalized spacial score (nSPS) is 40.9. The lowest BCUT2D eigenvalue weighted by Gasteiger charge is -2.35. The summed E-state index contributed by atoms with van der Waals surface area (Å²) in [5.41, 5.74) is -0.421. The number of nitrogens with one attached hydrogen (secondary N) is 1. The highest BCUT2D eigenvalue weighted by atomic mass is 16.3. The van der Waals surface area contributed by atoms with E-state index in [0.29, 0.717) is 6.04 Å². The second-order valence-electron chi connectivity index (χ2n) is 4.03. The molecule has 0 aromatic heterocycles. The van der Waals surface area contributed by atoms with Crippen molar-refractivity contribution in [2.45, 2.75) is 25.0 Å². The van der Waals surface area contributed by atoms with Crippen molar-refractivity contribution in [2.75, 3.05) is 26.2 Å². The maximum atomic E-state index is 9.67. The lowest BCUT2D eigenvalue weighted by atomic mass is 10.1. The number of likely N-dealkylation sites (tertiary alicyclic amines) is 1. The predicted molar refractivity (Wildman–Crippen MR) is 43.5 cm³/mol. The van der Waals surface area contributed by atoms with Crippen LogP contribution in [0.1, 0.15) is 13.3 Å². The Morgan fingerprint density at radius 2 is 2.27 bits per heavy atom. The van der Waals surface area contributed by atoms with Crippen molar-refractivity contribution in [1.82, 2.24) is 10.2 Å². The summed E-state index contributed by atoms with van der Waals surface area (Å²) in [4.78, 5) is 2.39. The molecule has 2 aliphatic heterocycles. The van der Waals surface area contributed by atoms with Gasteiger partial charge in [-0.3, -0.25) is 4.90 Å². The van der Waals surface area contributed by atoms with E-state index in [1.54, 1.807) is 0 Å². The zero-order chi connectivity index (χ0) is 7.90. The molecule has 1 atom stereocenters. The van der Waals surface area contributed by atoms with Gasteiger partial charge in [0.25, 0.3) is 0 Å². The van der Waals surface area contributed by atoms with Crippen molar-refractivity contribution in [3.63, 3.8) is 0 Å². The Balaban J connectivity index is 1.88. The first-order chi connectivity index (χ1) is 5.17. The van der Waals surface area contributed by atoms with E-state index in [0.717, 1.165) is 32.6 Å². The van der Waals surface area contributed by atoms with Gasteiger partial charge in [-0.2, -0.15) is 0 Å². The fourth-order valence-electron chi connectivity index (χ4n) is 1.82. The monoisotopic (exact) mass is 156 g/mol. The molecular formula is C8H16N2O. The van der Waals surface area contributed by atoms with Crippen LogP contribution < -0.4 is 5.32 Å². The SMILES string of the molecule is C[C@]1(O)CCN(C2CNC2)C1. The van der Waals surface area contributed by atoms with Gasteiger partial charge in [0.1, 0.15) is 0 Å². The number of rotatable bonds is 1. The van der Waals surface area contributed by atoms with Crippen molar-refractivity contribution in [3.8, 4) is 0 Å². The first-order valence-electron chi connectivity index (χ1n) is 4.34. The summed E-state index contributed by atoms with van der Waals surface area (Å²) >= 11 is 0. The van der Waals surface area contributed by atoms with Crippen LogP contribution in [0.3, 0.4) is 0 Å². The summed E-state index contributed by atoms with van der Waals surface area (Å²) in [7, 11) is 0. The molecule has 2 N–H and O–H groups in total. The second kappa shape index (κ2) is 2.44. The van der Waals surface area contributed by atoms with Gasteiger partial charge in [-0.25, -0.2) is 0 Å². The molecule has 2 fully saturated rings. The molecular weight excluding hydrogens is 140 g/mol. The van der Waals surface area contributed by atoms with Gasteiger partial charge in [0.05, 0.1) is 5.60 Å². The molecule has 11 heavy (non-hydrogen) atoms. The summed E-state index contributed by atoms with van der Waals surface area (Å²) in [6.45, 7) is 6.07. The van der Waals surface area contributed by atoms with Gasteiger partial charge in [-0.05, 0) is 13.3 Å². The molecule has 0 amide bonds. The molecule has 0 aromatic rings. The highest BCUT2D eigenvalue weighted by molar-refractivity contribution is 4.93. The zero-order valence-electron chi connectivity index (χ0n) is 7.01. The molecule has 0 aromatic carbocycles. The molecule has 3 nitrogen and oxygen atoms in total. The van der Waals surface area contributed by atoms with Gasteiger partial charge < -0.3 is 10.4 Å². The fraction of sp³-hybridized carbons (Fsp3) is 1.00. The number of nitrogens with zero attached hydrogens (tertiary/aromatic N) is 1. The molecule has 0 unspecified atom stereocenters. The summed E-state index contributed by atoms with van der Waals surface area (Å²) in [6.07, 6.45) is 0.934. The highest BCUT2D eigenvalue weighted by Crippen LogP contribution is 2.23. The molecule has 0 spiro atoms. The van der Waals surface area contributed by atoms with Crippen LogP contribution in [0.25, 0.3) is 0 Å². The molecule has 2 saturated heterocycles. The Labute approximate surface area is 67.4 Å². The Hall–Kier alpha value is -0.120. The molecule has 0 bridgehead atoms. The maximum absolute atomic E-state index is 9.67. The molecule has 3 heteroatoms. The fourth-order valence-corrected chi connectivity index (χ4v) is 1.82. The van der Waals surface area contributed by atoms with E-state index in [4.69, 9.17) is 0 Å². The van der Waals surface area contributed by atoms with Crippen LogP contribution in [0.4, 0.5) is 0 Å². The van der Waals surface area contributed by atoms with Crippen molar-refractivity contribution in [2.24, 2.45) is 0 Å². The summed E-state index contributed by atoms with van der Waals surface area (Å²) in [6, 6.07) is 0.698. The molecule has 2 aliphatic rings. The third-order valence-corrected chi connectivity index (χ3v) is 2.76. The van der Waals surface area contributed by atoms with Gasteiger partial charge in [-0.1, -0.05) is 0 Å². The predicted octanol–water partition coefficient (Wildman–Crippen LogP) is -0.585. The molecule has 0 saturated carbocycles. The lowest BCUT2D eigenvalue weighted by Crippen LogP contribution is -2.57. The van der Waals surface area contributed by atoms with Gasteiger partial charge >= 0.3 is 0 Å². The first-order valence-corrected chi connectivity index (χ1v) is 4.34. The van der Waals surface area contributed by atoms with Crippen molar-refractivity contribution in [1.29, 1.82) is 0 Å². The standard InChI is InChI=1S/C8H16N2O/c1-8(11)2-3-10(6-8)7-4-9-5-7/h7,9,11H,2-6H2,1H3/t8-/m0/s1. The molecule has 2 rings (SSSR count). The van der Waals surface area contributed by atoms with Crippen LogP contribution in [-0.4, -0.2) is 47.8 Å². The van der Waals surface area contributed by atoms with Crippen LogP contribution in [-0.2, 0) is 0 Å². The smallest absolute Gasteiger partial charge is 0.0758 e. The van der Waals surface area contributed by atoms with E-state index in [9.17, 15) is 5.11 Å². The van der Waals surface area contributed by atoms with Crippen LogP contribution >= 0.6 is 0 Å². The van der Waals surface area contributed by atoms with Crippen molar-refractivity contribution in [3.05, 3.63) is 0 Å². The van der Waals surface area contributed by atoms with E-state index >= 15 is 0 Å². The lowest BCUT2D eigenvalue weighted by molar-refractivity contribution is 0.0565. The Morgan fingerprint density at radius 3 is 2.64 bits per heavy atom. The van der Waals surface area contributed by atoms with E-state index in [-0.39, 0.29) is 0 Å². The zero-order valence-corrected chi connectivity index (χ0v) is 7.01. The number of hydrogen-bond donors (Lipinski definition) is 2. The number of hydrogen-bond acceptors (Lipinski definition) is 3. The van der Waals surface area contributed by atoms with Gasteiger partial charge in [0.15, 0.2) is 0 Å². The molecule has 2 heterocycles.